The molecule has 1 aromatic heterocycles. The topological polar surface area (TPSA) is 85.1 Å². The van der Waals surface area contributed by atoms with Crippen LogP contribution in [0.25, 0.3) is 10.9 Å². The van der Waals surface area contributed by atoms with Gasteiger partial charge in [-0.15, -0.1) is 0 Å². The fourth-order valence-corrected chi connectivity index (χ4v) is 4.31. The maximum Gasteiger partial charge on any atom is 0.206 e. The molecule has 0 unspecified atom stereocenters. The number of sulfone groups is 1. The van der Waals surface area contributed by atoms with Gasteiger partial charge in [-0.1, -0.05) is 11.6 Å². The average Bonchev–Trinajstić information content (AvgIpc) is 2.69. The molecule has 0 fully saturated rings. The predicted octanol–water partition coefficient (Wildman–Crippen LogP) is 5.05. The molecule has 4 rings (SSSR count). The van der Waals surface area contributed by atoms with E-state index < -0.39 is 9.84 Å². The summed E-state index contributed by atoms with van der Waals surface area (Å²) in [4.78, 5) is 4.74. The highest BCUT2D eigenvalue weighted by Gasteiger charge is 2.17. The van der Waals surface area contributed by atoms with Crippen LogP contribution >= 0.6 is 11.6 Å². The van der Waals surface area contributed by atoms with Crippen LogP contribution in [0.4, 0.5) is 17.1 Å². The summed E-state index contributed by atoms with van der Waals surface area (Å²) in [5.41, 5.74) is 8.55. The van der Waals surface area contributed by atoms with E-state index in [2.05, 4.69) is 10.3 Å². The summed E-state index contributed by atoms with van der Waals surface area (Å²) < 4.78 is 25.5. The number of hydrogen-bond donors (Lipinski definition) is 2. The lowest BCUT2D eigenvalue weighted by Gasteiger charge is -2.11. The second kappa shape index (κ2) is 7.14. The number of anilines is 3. The summed E-state index contributed by atoms with van der Waals surface area (Å²) in [5, 5.41) is 4.84. The molecular formula is C21H16ClN3O2S. The van der Waals surface area contributed by atoms with E-state index in [4.69, 9.17) is 17.3 Å². The van der Waals surface area contributed by atoms with Crippen LogP contribution in [0.15, 0.2) is 88.8 Å². The number of rotatable bonds is 4. The lowest BCUT2D eigenvalue weighted by atomic mass is 10.2. The van der Waals surface area contributed by atoms with Crippen molar-refractivity contribution in [3.63, 3.8) is 0 Å². The van der Waals surface area contributed by atoms with E-state index >= 15 is 0 Å². The molecular weight excluding hydrogens is 394 g/mol. The van der Waals surface area contributed by atoms with Gasteiger partial charge in [-0.2, -0.15) is 0 Å². The van der Waals surface area contributed by atoms with Crippen LogP contribution in [-0.2, 0) is 9.84 Å². The zero-order valence-electron chi connectivity index (χ0n) is 14.6. The second-order valence-electron chi connectivity index (χ2n) is 6.24. The van der Waals surface area contributed by atoms with Gasteiger partial charge in [0, 0.05) is 33.7 Å². The Morgan fingerprint density at radius 3 is 2.18 bits per heavy atom. The predicted molar refractivity (Wildman–Crippen MR) is 113 cm³/mol. The third-order valence-corrected chi connectivity index (χ3v) is 6.36. The summed E-state index contributed by atoms with van der Waals surface area (Å²) in [6.45, 7) is 0. The van der Waals surface area contributed by atoms with E-state index in [0.29, 0.717) is 10.7 Å². The summed E-state index contributed by atoms with van der Waals surface area (Å²) in [5.74, 6) is 0. The highest BCUT2D eigenvalue weighted by Crippen LogP contribution is 2.28. The minimum absolute atomic E-state index is 0.208. The van der Waals surface area contributed by atoms with Gasteiger partial charge in [0.25, 0.3) is 0 Å². The maximum atomic E-state index is 12.7. The Morgan fingerprint density at radius 1 is 0.857 bits per heavy atom. The summed E-state index contributed by atoms with van der Waals surface area (Å²) in [7, 11) is -3.59. The normalized spacial score (nSPS) is 11.5. The van der Waals surface area contributed by atoms with E-state index in [1.807, 2.05) is 12.1 Å². The first-order valence-corrected chi connectivity index (χ1v) is 10.3. The molecule has 0 amide bonds. The van der Waals surface area contributed by atoms with Crippen LogP contribution in [0.2, 0.25) is 5.02 Å². The van der Waals surface area contributed by atoms with Gasteiger partial charge in [-0.05, 0) is 72.8 Å². The minimum atomic E-state index is -3.59. The second-order valence-corrected chi connectivity index (χ2v) is 8.63. The van der Waals surface area contributed by atoms with Crippen molar-refractivity contribution >= 4 is 49.4 Å². The molecule has 0 aliphatic carbocycles. The number of halogens is 1. The smallest absolute Gasteiger partial charge is 0.206 e. The van der Waals surface area contributed by atoms with Crippen molar-refractivity contribution in [3.8, 4) is 0 Å². The molecule has 140 valence electrons. The molecule has 0 aliphatic heterocycles. The summed E-state index contributed by atoms with van der Waals surface area (Å²) in [6, 6.07) is 20.1. The Kier molecular flexibility index (Phi) is 4.66. The van der Waals surface area contributed by atoms with Crippen molar-refractivity contribution in [2.45, 2.75) is 9.79 Å². The zero-order chi connectivity index (χ0) is 19.7. The van der Waals surface area contributed by atoms with E-state index in [-0.39, 0.29) is 9.79 Å². The molecule has 0 saturated heterocycles. The highest BCUT2D eigenvalue weighted by atomic mass is 35.5. The summed E-state index contributed by atoms with van der Waals surface area (Å²) >= 11 is 6.03. The SMILES string of the molecule is Nc1ccc(S(=O)(=O)c2ccc(Nc3ccnc4cc(Cl)ccc34)cc2)cc1. The van der Waals surface area contributed by atoms with Crippen LogP contribution in [0.3, 0.4) is 0 Å². The first kappa shape index (κ1) is 18.3. The van der Waals surface area contributed by atoms with Crippen molar-refractivity contribution in [1.82, 2.24) is 4.98 Å². The average molecular weight is 410 g/mol. The highest BCUT2D eigenvalue weighted by molar-refractivity contribution is 7.91. The van der Waals surface area contributed by atoms with E-state index in [9.17, 15) is 8.42 Å². The van der Waals surface area contributed by atoms with E-state index in [0.717, 1.165) is 22.3 Å². The van der Waals surface area contributed by atoms with Crippen LogP contribution in [0.5, 0.6) is 0 Å². The van der Waals surface area contributed by atoms with Crippen LogP contribution in [0, 0.1) is 0 Å². The molecule has 0 bridgehead atoms. The van der Waals surface area contributed by atoms with Crippen molar-refractivity contribution in [3.05, 3.63) is 84.0 Å². The molecule has 3 N–H and O–H groups in total. The number of fused-ring (bicyclic) bond motifs is 1. The molecule has 5 nitrogen and oxygen atoms in total. The van der Waals surface area contributed by atoms with Crippen LogP contribution in [-0.4, -0.2) is 13.4 Å². The molecule has 0 saturated carbocycles. The number of pyridine rings is 1. The molecule has 0 spiro atoms. The van der Waals surface area contributed by atoms with E-state index in [1.54, 1.807) is 54.7 Å². The maximum absolute atomic E-state index is 12.7. The third kappa shape index (κ3) is 3.52. The van der Waals surface area contributed by atoms with Crippen LogP contribution < -0.4 is 11.1 Å². The molecule has 7 heteroatoms. The largest absolute Gasteiger partial charge is 0.399 e. The Hall–Kier alpha value is -3.09. The van der Waals surface area contributed by atoms with Gasteiger partial charge >= 0.3 is 0 Å². The van der Waals surface area contributed by atoms with Gasteiger partial charge in [0.2, 0.25) is 9.84 Å². The Morgan fingerprint density at radius 2 is 1.50 bits per heavy atom. The van der Waals surface area contributed by atoms with Crippen molar-refractivity contribution in [2.24, 2.45) is 0 Å². The number of aromatic nitrogens is 1. The number of nitrogen functional groups attached to an aromatic ring is 1. The molecule has 4 aromatic rings. The third-order valence-electron chi connectivity index (χ3n) is 4.34. The fourth-order valence-electron chi connectivity index (χ4n) is 2.89. The minimum Gasteiger partial charge on any atom is -0.399 e. The lowest BCUT2D eigenvalue weighted by Crippen LogP contribution is -2.02. The monoisotopic (exact) mass is 409 g/mol. The first-order chi connectivity index (χ1) is 13.4. The lowest BCUT2D eigenvalue weighted by molar-refractivity contribution is 0.596. The van der Waals surface area contributed by atoms with E-state index in [1.165, 1.54) is 12.1 Å². The summed E-state index contributed by atoms with van der Waals surface area (Å²) in [6.07, 6.45) is 1.70. The quantitative estimate of drug-likeness (QED) is 0.461. The van der Waals surface area contributed by atoms with Crippen molar-refractivity contribution in [2.75, 3.05) is 11.1 Å². The number of nitrogens with zero attached hydrogens (tertiary/aromatic N) is 1. The van der Waals surface area contributed by atoms with Gasteiger partial charge < -0.3 is 11.1 Å². The van der Waals surface area contributed by atoms with Gasteiger partial charge in [-0.25, -0.2) is 8.42 Å². The fraction of sp³-hybridized carbons (Fsp3) is 0. The first-order valence-electron chi connectivity index (χ1n) is 8.45. The molecule has 1 heterocycles. The zero-order valence-corrected chi connectivity index (χ0v) is 16.2. The molecule has 0 atom stereocenters. The molecule has 28 heavy (non-hydrogen) atoms. The van der Waals surface area contributed by atoms with Gasteiger partial charge in [-0.3, -0.25) is 4.98 Å². The van der Waals surface area contributed by atoms with Crippen LogP contribution in [0.1, 0.15) is 0 Å². The van der Waals surface area contributed by atoms with Crippen molar-refractivity contribution in [1.29, 1.82) is 0 Å². The standard InChI is InChI=1S/C21H16ClN3O2S/c22-14-1-10-19-20(11-12-24-21(19)13-14)25-16-4-8-18(9-5-16)28(26,27)17-6-2-15(23)3-7-17/h1-13H,23H2,(H,24,25). The molecule has 3 aromatic carbocycles. The molecule has 0 radical (unpaired) electrons. The Labute approximate surface area is 167 Å². The number of nitrogens with two attached hydrogens (primary N) is 1. The van der Waals surface area contributed by atoms with Gasteiger partial charge in [0.15, 0.2) is 0 Å². The number of hydrogen-bond acceptors (Lipinski definition) is 5. The van der Waals surface area contributed by atoms with Gasteiger partial charge in [0.05, 0.1) is 15.3 Å². The van der Waals surface area contributed by atoms with Crippen molar-refractivity contribution < 1.29 is 8.42 Å². The Balaban J connectivity index is 1.63. The van der Waals surface area contributed by atoms with Gasteiger partial charge in [0.1, 0.15) is 0 Å². The number of nitrogens with one attached hydrogen (secondary N) is 1. The Bertz CT molecular complexity index is 1260. The molecule has 0 aliphatic rings. The number of benzene rings is 3.